The first-order chi connectivity index (χ1) is 14.7. The van der Waals surface area contributed by atoms with Crippen molar-refractivity contribution in [1.29, 1.82) is 0 Å². The lowest BCUT2D eigenvalue weighted by molar-refractivity contribution is -0.128. The zero-order valence-electron chi connectivity index (χ0n) is 16.3. The van der Waals surface area contributed by atoms with Gasteiger partial charge in [0.25, 0.3) is 0 Å². The van der Waals surface area contributed by atoms with E-state index in [0.717, 1.165) is 59.3 Å². The third-order valence-corrected chi connectivity index (χ3v) is 7.93. The molecule has 1 amide bonds. The summed E-state index contributed by atoms with van der Waals surface area (Å²) in [5.41, 5.74) is 1.11. The Balaban J connectivity index is 1.18. The summed E-state index contributed by atoms with van der Waals surface area (Å²) in [6.07, 6.45) is 0.972. The van der Waals surface area contributed by atoms with Gasteiger partial charge in [-0.2, -0.15) is 0 Å². The highest BCUT2D eigenvalue weighted by atomic mass is 35.5. The number of amides is 1. The summed E-state index contributed by atoms with van der Waals surface area (Å²) in [4.78, 5) is 18.1. The van der Waals surface area contributed by atoms with Crippen molar-refractivity contribution in [1.82, 2.24) is 15.1 Å². The van der Waals surface area contributed by atoms with Gasteiger partial charge in [-0.15, -0.1) is 21.5 Å². The standard InChI is InChI=1S/C20H22ClN5OS3/c21-15-3-1-4-16(13-15)25-8-10-26(11-9-25)18(27)14-29-20-24-23-19(30-20)22-7-6-17-5-2-12-28-17/h1-5,12-13H,6-11,14H2,(H,22,23). The van der Waals surface area contributed by atoms with Crippen LogP contribution in [0.3, 0.4) is 0 Å². The van der Waals surface area contributed by atoms with Gasteiger partial charge < -0.3 is 15.1 Å². The van der Waals surface area contributed by atoms with Gasteiger partial charge in [0.15, 0.2) is 4.34 Å². The minimum Gasteiger partial charge on any atom is -0.368 e. The Morgan fingerprint density at radius 1 is 1.17 bits per heavy atom. The number of thiophene rings is 1. The first-order valence-corrected chi connectivity index (χ1v) is 12.7. The molecule has 0 unspecified atom stereocenters. The van der Waals surface area contributed by atoms with Crippen LogP contribution in [-0.2, 0) is 11.2 Å². The quantitative estimate of drug-likeness (QED) is 0.485. The summed E-state index contributed by atoms with van der Waals surface area (Å²) in [7, 11) is 0. The predicted octanol–water partition coefficient (Wildman–Crippen LogP) is 4.35. The van der Waals surface area contributed by atoms with Crippen LogP contribution in [0.2, 0.25) is 5.02 Å². The highest BCUT2D eigenvalue weighted by molar-refractivity contribution is 8.01. The number of nitrogens with one attached hydrogen (secondary N) is 1. The van der Waals surface area contributed by atoms with E-state index in [0.29, 0.717) is 5.75 Å². The molecule has 0 bridgehead atoms. The van der Waals surface area contributed by atoms with Crippen molar-refractivity contribution < 1.29 is 4.79 Å². The minimum atomic E-state index is 0.146. The Morgan fingerprint density at radius 2 is 2.03 bits per heavy atom. The summed E-state index contributed by atoms with van der Waals surface area (Å²) in [6, 6.07) is 12.1. The summed E-state index contributed by atoms with van der Waals surface area (Å²) < 4.78 is 0.819. The number of carbonyl (C=O) groups is 1. The number of rotatable bonds is 8. The van der Waals surface area contributed by atoms with E-state index in [9.17, 15) is 4.79 Å². The molecule has 10 heteroatoms. The maximum absolute atomic E-state index is 12.6. The topological polar surface area (TPSA) is 61.4 Å². The lowest BCUT2D eigenvalue weighted by Crippen LogP contribution is -2.49. The second kappa shape index (κ2) is 10.5. The van der Waals surface area contributed by atoms with E-state index in [4.69, 9.17) is 11.6 Å². The molecule has 0 spiro atoms. The molecule has 4 rings (SSSR count). The molecule has 2 aromatic heterocycles. The Morgan fingerprint density at radius 3 is 2.80 bits per heavy atom. The third kappa shape index (κ3) is 5.87. The van der Waals surface area contributed by atoms with Crippen LogP contribution in [0.1, 0.15) is 4.88 Å². The zero-order valence-corrected chi connectivity index (χ0v) is 19.5. The molecular formula is C20H22ClN5OS3. The highest BCUT2D eigenvalue weighted by Crippen LogP contribution is 2.26. The molecule has 3 heterocycles. The lowest BCUT2D eigenvalue weighted by atomic mass is 10.2. The molecule has 6 nitrogen and oxygen atoms in total. The number of hydrogen-bond acceptors (Lipinski definition) is 8. The first-order valence-electron chi connectivity index (χ1n) is 9.68. The second-order valence-corrected chi connectivity index (χ2v) is 10.4. The summed E-state index contributed by atoms with van der Waals surface area (Å²) in [6.45, 7) is 3.90. The number of hydrogen-bond donors (Lipinski definition) is 1. The number of halogens is 1. The molecule has 1 N–H and O–H groups in total. The van der Waals surface area contributed by atoms with E-state index in [1.54, 1.807) is 11.3 Å². The molecule has 1 saturated heterocycles. The number of anilines is 2. The van der Waals surface area contributed by atoms with Gasteiger partial charge >= 0.3 is 0 Å². The normalized spacial score (nSPS) is 14.2. The van der Waals surface area contributed by atoms with Crippen LogP contribution in [0.15, 0.2) is 46.1 Å². The fraction of sp³-hybridized carbons (Fsp3) is 0.350. The maximum Gasteiger partial charge on any atom is 0.233 e. The van der Waals surface area contributed by atoms with Gasteiger partial charge in [-0.05, 0) is 36.1 Å². The maximum atomic E-state index is 12.6. The number of thioether (sulfide) groups is 1. The number of aromatic nitrogens is 2. The van der Waals surface area contributed by atoms with Crippen molar-refractivity contribution in [2.24, 2.45) is 0 Å². The first kappa shape index (κ1) is 21.4. The number of nitrogens with zero attached hydrogens (tertiary/aromatic N) is 4. The van der Waals surface area contributed by atoms with E-state index >= 15 is 0 Å². The third-order valence-electron chi connectivity index (χ3n) is 4.76. The molecule has 1 aromatic carbocycles. The predicted molar refractivity (Wildman–Crippen MR) is 127 cm³/mol. The molecule has 3 aromatic rings. The van der Waals surface area contributed by atoms with Crippen molar-refractivity contribution in [2.45, 2.75) is 10.8 Å². The van der Waals surface area contributed by atoms with Crippen LogP contribution >= 0.6 is 46.0 Å². The van der Waals surface area contributed by atoms with Gasteiger partial charge in [0.05, 0.1) is 5.75 Å². The summed E-state index contributed by atoms with van der Waals surface area (Å²) >= 11 is 10.8. The Kier molecular flexibility index (Phi) is 7.48. The number of carbonyl (C=O) groups excluding carboxylic acids is 1. The molecule has 1 aliphatic heterocycles. The van der Waals surface area contributed by atoms with Crippen LogP contribution in [0.5, 0.6) is 0 Å². The molecular weight excluding hydrogens is 458 g/mol. The van der Waals surface area contributed by atoms with E-state index in [1.807, 2.05) is 23.1 Å². The van der Waals surface area contributed by atoms with Gasteiger partial charge in [0.2, 0.25) is 11.0 Å². The average Bonchev–Trinajstić information content (AvgIpc) is 3.44. The van der Waals surface area contributed by atoms with E-state index in [-0.39, 0.29) is 5.91 Å². The van der Waals surface area contributed by atoms with Crippen molar-refractivity contribution in [3.05, 3.63) is 51.7 Å². The number of piperazine rings is 1. The molecule has 30 heavy (non-hydrogen) atoms. The Labute approximate surface area is 193 Å². The van der Waals surface area contributed by atoms with Crippen LogP contribution in [0.25, 0.3) is 0 Å². The average molecular weight is 480 g/mol. The van der Waals surface area contributed by atoms with Crippen molar-refractivity contribution in [2.75, 3.05) is 48.7 Å². The van der Waals surface area contributed by atoms with Crippen molar-refractivity contribution in [3.8, 4) is 0 Å². The molecule has 0 aliphatic carbocycles. The summed E-state index contributed by atoms with van der Waals surface area (Å²) in [5.74, 6) is 0.536. The van der Waals surface area contributed by atoms with Gasteiger partial charge in [0, 0.05) is 48.3 Å². The van der Waals surface area contributed by atoms with Gasteiger partial charge in [0.1, 0.15) is 0 Å². The Hall–Kier alpha value is -1.81. The van der Waals surface area contributed by atoms with E-state index in [2.05, 4.69) is 44.0 Å². The molecule has 1 fully saturated rings. The SMILES string of the molecule is O=C(CSc1nnc(NCCc2cccs2)s1)N1CCN(c2cccc(Cl)c2)CC1. The Bertz CT molecular complexity index is 957. The lowest BCUT2D eigenvalue weighted by Gasteiger charge is -2.36. The molecule has 0 radical (unpaired) electrons. The van der Waals surface area contributed by atoms with Gasteiger partial charge in [-0.1, -0.05) is 46.8 Å². The van der Waals surface area contributed by atoms with Crippen LogP contribution in [-0.4, -0.2) is 59.5 Å². The minimum absolute atomic E-state index is 0.146. The monoisotopic (exact) mass is 479 g/mol. The van der Waals surface area contributed by atoms with Gasteiger partial charge in [-0.25, -0.2) is 0 Å². The molecule has 1 aliphatic rings. The highest BCUT2D eigenvalue weighted by Gasteiger charge is 2.22. The van der Waals surface area contributed by atoms with E-state index < -0.39 is 0 Å². The largest absolute Gasteiger partial charge is 0.368 e. The van der Waals surface area contributed by atoms with Crippen molar-refractivity contribution in [3.63, 3.8) is 0 Å². The van der Waals surface area contributed by atoms with Crippen LogP contribution < -0.4 is 10.2 Å². The smallest absolute Gasteiger partial charge is 0.233 e. The second-order valence-electron chi connectivity index (χ2n) is 6.77. The van der Waals surface area contributed by atoms with E-state index in [1.165, 1.54) is 28.0 Å². The summed E-state index contributed by atoms with van der Waals surface area (Å²) in [5, 5.41) is 15.3. The fourth-order valence-corrected chi connectivity index (χ4v) is 5.76. The van der Waals surface area contributed by atoms with Crippen LogP contribution in [0, 0.1) is 0 Å². The molecule has 158 valence electrons. The van der Waals surface area contributed by atoms with Gasteiger partial charge in [-0.3, -0.25) is 4.79 Å². The molecule has 0 saturated carbocycles. The van der Waals surface area contributed by atoms with Crippen LogP contribution in [0.4, 0.5) is 10.8 Å². The fourth-order valence-electron chi connectivity index (χ4n) is 3.19. The number of benzene rings is 1. The van der Waals surface area contributed by atoms with Crippen molar-refractivity contribution >= 4 is 62.8 Å². The zero-order chi connectivity index (χ0) is 20.8. The molecule has 0 atom stereocenters.